The van der Waals surface area contributed by atoms with Gasteiger partial charge >= 0.3 is 0 Å². The molecule has 0 unspecified atom stereocenters. The van der Waals surface area contributed by atoms with E-state index in [1.165, 1.54) is 41.9 Å². The third-order valence-corrected chi connectivity index (χ3v) is 9.99. The van der Waals surface area contributed by atoms with Crippen LogP contribution in [0, 0.1) is 0 Å². The number of sulfonamides is 2. The van der Waals surface area contributed by atoms with Gasteiger partial charge in [0, 0.05) is 18.8 Å². The van der Waals surface area contributed by atoms with Gasteiger partial charge in [-0.25, -0.2) is 16.8 Å². The van der Waals surface area contributed by atoms with Crippen molar-refractivity contribution in [1.82, 2.24) is 8.61 Å². The lowest BCUT2D eigenvalue weighted by atomic mass is 10.2. The summed E-state index contributed by atoms with van der Waals surface area (Å²) in [6, 6.07) is 15.0. The normalized spacial score (nSPS) is 15.2. The Morgan fingerprint density at radius 2 is 1.55 bits per heavy atom. The fourth-order valence-corrected chi connectivity index (χ4v) is 7.08. The van der Waals surface area contributed by atoms with Crippen LogP contribution < -0.4 is 10.1 Å². The highest BCUT2D eigenvalue weighted by Gasteiger charge is 2.30. The summed E-state index contributed by atoms with van der Waals surface area (Å²) in [4.78, 5) is 12.7. The molecule has 204 valence electrons. The maximum Gasteiger partial charge on any atom is 0.243 e. The minimum atomic E-state index is -4.18. The molecule has 0 bridgehead atoms. The van der Waals surface area contributed by atoms with Crippen LogP contribution in [0.25, 0.3) is 0 Å². The molecule has 0 atom stereocenters. The van der Waals surface area contributed by atoms with Crippen LogP contribution in [-0.4, -0.2) is 58.1 Å². The summed E-state index contributed by atoms with van der Waals surface area (Å²) in [7, 11) is -6.39. The molecule has 1 aromatic heterocycles. The molecule has 0 aliphatic carbocycles. The number of amides is 1. The number of anilines is 1. The van der Waals surface area contributed by atoms with E-state index >= 15 is 0 Å². The Morgan fingerprint density at radius 1 is 0.921 bits per heavy atom. The smallest absolute Gasteiger partial charge is 0.243 e. The molecule has 1 fully saturated rings. The first-order chi connectivity index (χ1) is 18.2. The molecule has 2 aromatic carbocycles. The van der Waals surface area contributed by atoms with Gasteiger partial charge in [0.25, 0.3) is 0 Å². The zero-order chi connectivity index (χ0) is 27.2. The number of furan rings is 1. The van der Waals surface area contributed by atoms with Crippen molar-refractivity contribution in [2.45, 2.75) is 42.0 Å². The third-order valence-electron chi connectivity index (χ3n) is 6.27. The third kappa shape index (κ3) is 6.62. The number of nitrogens with zero attached hydrogens (tertiary/aromatic N) is 2. The first-order valence-corrected chi connectivity index (χ1v) is 15.1. The van der Waals surface area contributed by atoms with Crippen molar-refractivity contribution in [3.63, 3.8) is 0 Å². The van der Waals surface area contributed by atoms with Gasteiger partial charge in [0.05, 0.1) is 36.3 Å². The van der Waals surface area contributed by atoms with Gasteiger partial charge < -0.3 is 14.5 Å². The van der Waals surface area contributed by atoms with Crippen LogP contribution in [0.15, 0.2) is 81.1 Å². The van der Waals surface area contributed by atoms with Crippen molar-refractivity contribution in [3.05, 3.63) is 72.7 Å². The van der Waals surface area contributed by atoms with Crippen molar-refractivity contribution >= 4 is 31.6 Å². The molecule has 4 rings (SSSR count). The molecule has 1 aliphatic rings. The van der Waals surface area contributed by atoms with Crippen LogP contribution in [0.2, 0.25) is 0 Å². The van der Waals surface area contributed by atoms with Gasteiger partial charge in [-0.1, -0.05) is 12.8 Å². The van der Waals surface area contributed by atoms with Crippen molar-refractivity contribution in [2.24, 2.45) is 0 Å². The Bertz CT molecular complexity index is 1410. The van der Waals surface area contributed by atoms with E-state index in [1.807, 2.05) is 0 Å². The van der Waals surface area contributed by atoms with Gasteiger partial charge in [-0.3, -0.25) is 4.79 Å². The second-order valence-electron chi connectivity index (χ2n) is 8.92. The van der Waals surface area contributed by atoms with Crippen molar-refractivity contribution < 1.29 is 30.8 Å². The molecule has 0 saturated carbocycles. The first-order valence-electron chi connectivity index (χ1n) is 12.3. The summed E-state index contributed by atoms with van der Waals surface area (Å²) in [5, 5.41) is 2.68. The summed E-state index contributed by atoms with van der Waals surface area (Å²) in [5.41, 5.74) is 0.481. The predicted octanol–water partition coefficient (Wildman–Crippen LogP) is 3.68. The highest BCUT2D eigenvalue weighted by molar-refractivity contribution is 7.89. The molecular weight excluding hydrogens is 530 g/mol. The topological polar surface area (TPSA) is 126 Å². The van der Waals surface area contributed by atoms with Gasteiger partial charge in [0.15, 0.2) is 0 Å². The Labute approximate surface area is 223 Å². The Morgan fingerprint density at radius 3 is 2.13 bits per heavy atom. The van der Waals surface area contributed by atoms with Crippen LogP contribution in [-0.2, 0) is 31.4 Å². The first kappa shape index (κ1) is 27.8. The number of rotatable bonds is 10. The summed E-state index contributed by atoms with van der Waals surface area (Å²) in [6.07, 6.45) is 4.99. The number of benzene rings is 2. The molecule has 0 radical (unpaired) electrons. The average molecular weight is 562 g/mol. The minimum Gasteiger partial charge on any atom is -0.497 e. The Balaban J connectivity index is 1.54. The number of hydrogen-bond donors (Lipinski definition) is 1. The number of carbonyl (C=O) groups excluding carboxylic acids is 1. The van der Waals surface area contributed by atoms with Crippen LogP contribution in [0.5, 0.6) is 5.75 Å². The second-order valence-corrected chi connectivity index (χ2v) is 12.8. The van der Waals surface area contributed by atoms with Crippen molar-refractivity contribution in [2.75, 3.05) is 32.1 Å². The standard InChI is InChI=1S/C26H31N3O7S2/c1-35-22-10-8-21(9-11-22)27-26(30)20-29(19-23-7-6-18-36-23)38(33,34)25-14-12-24(13-15-25)37(31,32)28-16-4-2-3-5-17-28/h6-15,18H,2-5,16-17,19-20H2,1H3,(H,27,30). The maximum atomic E-state index is 13.6. The van der Waals surface area contributed by atoms with Gasteiger partial charge in [-0.2, -0.15) is 8.61 Å². The average Bonchev–Trinajstić information content (AvgIpc) is 3.27. The van der Waals surface area contributed by atoms with Crippen molar-refractivity contribution in [3.8, 4) is 5.75 Å². The zero-order valence-corrected chi connectivity index (χ0v) is 22.7. The number of hydrogen-bond acceptors (Lipinski definition) is 7. The second kappa shape index (κ2) is 12.1. The monoisotopic (exact) mass is 561 g/mol. The molecule has 10 nitrogen and oxygen atoms in total. The SMILES string of the molecule is COc1ccc(NC(=O)CN(Cc2ccco2)S(=O)(=O)c2ccc(S(=O)(=O)N3CCCCCC3)cc2)cc1. The zero-order valence-electron chi connectivity index (χ0n) is 21.1. The summed E-state index contributed by atoms with van der Waals surface area (Å²) in [5.74, 6) is 0.420. The van der Waals surface area contributed by atoms with E-state index in [0.717, 1.165) is 30.0 Å². The lowest BCUT2D eigenvalue weighted by molar-refractivity contribution is -0.116. The van der Waals surface area contributed by atoms with E-state index in [0.29, 0.717) is 30.3 Å². The highest BCUT2D eigenvalue weighted by Crippen LogP contribution is 2.24. The molecule has 1 N–H and O–H groups in total. The van der Waals surface area contributed by atoms with Gasteiger partial charge in [0.2, 0.25) is 26.0 Å². The van der Waals surface area contributed by atoms with Gasteiger partial charge in [0.1, 0.15) is 11.5 Å². The van der Waals surface area contributed by atoms with E-state index in [2.05, 4.69) is 5.32 Å². The summed E-state index contributed by atoms with van der Waals surface area (Å²) < 4.78 is 66.2. The lowest BCUT2D eigenvalue weighted by Crippen LogP contribution is -2.37. The van der Waals surface area contributed by atoms with E-state index in [9.17, 15) is 21.6 Å². The molecule has 1 saturated heterocycles. The van der Waals surface area contributed by atoms with E-state index in [-0.39, 0.29) is 16.3 Å². The largest absolute Gasteiger partial charge is 0.497 e. The van der Waals surface area contributed by atoms with E-state index in [1.54, 1.807) is 36.4 Å². The quantitative estimate of drug-likeness (QED) is 0.400. The molecule has 12 heteroatoms. The number of nitrogens with one attached hydrogen (secondary N) is 1. The predicted molar refractivity (Wildman–Crippen MR) is 142 cm³/mol. The number of methoxy groups -OCH3 is 1. The van der Waals surface area contributed by atoms with Gasteiger partial charge in [-0.05, 0) is 73.5 Å². The summed E-state index contributed by atoms with van der Waals surface area (Å²) >= 11 is 0. The maximum absolute atomic E-state index is 13.6. The van der Waals surface area contributed by atoms with E-state index in [4.69, 9.17) is 9.15 Å². The van der Waals surface area contributed by atoms with Crippen LogP contribution in [0.3, 0.4) is 0 Å². The number of carbonyl (C=O) groups is 1. The summed E-state index contributed by atoms with van der Waals surface area (Å²) in [6.45, 7) is 0.229. The number of ether oxygens (including phenoxy) is 1. The van der Waals surface area contributed by atoms with Crippen molar-refractivity contribution in [1.29, 1.82) is 0 Å². The van der Waals surface area contributed by atoms with E-state index < -0.39 is 32.5 Å². The molecular formula is C26H31N3O7S2. The fourth-order valence-electron chi connectivity index (χ4n) is 4.20. The molecule has 3 aromatic rings. The van der Waals surface area contributed by atoms with Gasteiger partial charge in [-0.15, -0.1) is 0 Å². The molecule has 2 heterocycles. The molecule has 1 amide bonds. The molecule has 0 spiro atoms. The lowest BCUT2D eigenvalue weighted by Gasteiger charge is -2.22. The minimum absolute atomic E-state index is 0.0354. The Kier molecular flexibility index (Phi) is 8.87. The van der Waals surface area contributed by atoms with Crippen LogP contribution in [0.4, 0.5) is 5.69 Å². The Hall–Kier alpha value is -3.19. The highest BCUT2D eigenvalue weighted by atomic mass is 32.2. The van der Waals surface area contributed by atoms with Crippen LogP contribution >= 0.6 is 0 Å². The van der Waals surface area contributed by atoms with Crippen LogP contribution in [0.1, 0.15) is 31.4 Å². The fraction of sp³-hybridized carbons (Fsp3) is 0.346. The molecule has 1 aliphatic heterocycles. The molecule has 38 heavy (non-hydrogen) atoms.